The molecule has 3 rings (SSSR count). The zero-order chi connectivity index (χ0) is 15.9. The predicted octanol–water partition coefficient (Wildman–Crippen LogP) is 4.14. The fourth-order valence-corrected chi connectivity index (χ4v) is 3.33. The van der Waals surface area contributed by atoms with E-state index in [2.05, 4.69) is 31.2 Å². The predicted molar refractivity (Wildman–Crippen MR) is 96.7 cm³/mol. The van der Waals surface area contributed by atoms with Gasteiger partial charge >= 0.3 is 0 Å². The summed E-state index contributed by atoms with van der Waals surface area (Å²) >= 11 is 5.08. The van der Waals surface area contributed by atoms with Crippen molar-refractivity contribution in [2.24, 2.45) is 0 Å². The lowest BCUT2D eigenvalue weighted by molar-refractivity contribution is 0.313. The molecular formula is C17H16BrN3OS. The Hall–Kier alpha value is -1.76. The number of nitrogens with zero attached hydrogens (tertiary/aromatic N) is 2. The third-order valence-electron chi connectivity index (χ3n) is 3.12. The quantitative estimate of drug-likeness (QED) is 0.616. The van der Waals surface area contributed by atoms with Gasteiger partial charge < -0.3 is 10.1 Å². The molecule has 0 aliphatic rings. The smallest absolute Gasteiger partial charge is 0.169 e. The van der Waals surface area contributed by atoms with Crippen LogP contribution in [0.3, 0.4) is 0 Å². The molecule has 118 valence electrons. The summed E-state index contributed by atoms with van der Waals surface area (Å²) in [7, 11) is 0. The SMILES string of the molecule is Brc1ccc(-c2ncc(CNCCOc3ccccc3)cn2)s1. The molecule has 23 heavy (non-hydrogen) atoms. The first-order chi connectivity index (χ1) is 11.3. The molecule has 6 heteroatoms. The first-order valence-corrected chi connectivity index (χ1v) is 8.87. The van der Waals surface area contributed by atoms with Crippen LogP contribution in [0.4, 0.5) is 0 Å². The molecule has 0 saturated carbocycles. The van der Waals surface area contributed by atoms with Crippen LogP contribution in [-0.2, 0) is 6.54 Å². The van der Waals surface area contributed by atoms with Gasteiger partial charge in [-0.2, -0.15) is 0 Å². The maximum absolute atomic E-state index is 5.63. The number of rotatable bonds is 7. The van der Waals surface area contributed by atoms with Crippen molar-refractivity contribution in [2.75, 3.05) is 13.2 Å². The van der Waals surface area contributed by atoms with Gasteiger partial charge in [-0.15, -0.1) is 11.3 Å². The molecule has 0 amide bonds. The highest BCUT2D eigenvalue weighted by Crippen LogP contribution is 2.28. The monoisotopic (exact) mass is 389 g/mol. The van der Waals surface area contributed by atoms with Crippen LogP contribution in [0.2, 0.25) is 0 Å². The molecule has 3 aromatic rings. The third kappa shape index (κ3) is 4.86. The Morgan fingerprint density at radius 3 is 2.52 bits per heavy atom. The van der Waals surface area contributed by atoms with Gasteiger partial charge in [-0.1, -0.05) is 18.2 Å². The average molecular weight is 390 g/mol. The lowest BCUT2D eigenvalue weighted by Gasteiger charge is -2.07. The highest BCUT2D eigenvalue weighted by Gasteiger charge is 2.04. The van der Waals surface area contributed by atoms with E-state index in [-0.39, 0.29) is 0 Å². The molecule has 0 saturated heterocycles. The Balaban J connectivity index is 1.42. The average Bonchev–Trinajstić information content (AvgIpc) is 3.03. The first-order valence-electron chi connectivity index (χ1n) is 7.26. The van der Waals surface area contributed by atoms with Crippen LogP contribution in [0, 0.1) is 0 Å². The molecule has 2 aromatic heterocycles. The molecule has 0 atom stereocenters. The minimum absolute atomic E-state index is 0.631. The van der Waals surface area contributed by atoms with E-state index in [1.165, 1.54) is 0 Å². The van der Waals surface area contributed by atoms with Crippen LogP contribution in [0.25, 0.3) is 10.7 Å². The van der Waals surface area contributed by atoms with Crippen LogP contribution in [0.1, 0.15) is 5.56 Å². The maximum atomic E-state index is 5.63. The van der Waals surface area contributed by atoms with Gasteiger partial charge in [0.15, 0.2) is 5.82 Å². The zero-order valence-electron chi connectivity index (χ0n) is 12.4. The summed E-state index contributed by atoms with van der Waals surface area (Å²) in [5.41, 5.74) is 1.06. The molecule has 0 fully saturated rings. The Kier molecular flexibility index (Phi) is 5.74. The normalized spacial score (nSPS) is 10.7. The van der Waals surface area contributed by atoms with Crippen LogP contribution < -0.4 is 10.1 Å². The van der Waals surface area contributed by atoms with Gasteiger partial charge in [-0.3, -0.25) is 0 Å². The van der Waals surface area contributed by atoms with E-state index < -0.39 is 0 Å². The van der Waals surface area contributed by atoms with Gasteiger partial charge in [0.1, 0.15) is 12.4 Å². The number of hydrogen-bond acceptors (Lipinski definition) is 5. The third-order valence-corrected chi connectivity index (χ3v) is 4.74. The van der Waals surface area contributed by atoms with E-state index in [4.69, 9.17) is 4.74 Å². The molecule has 2 heterocycles. The van der Waals surface area contributed by atoms with Crippen LogP contribution in [-0.4, -0.2) is 23.1 Å². The summed E-state index contributed by atoms with van der Waals surface area (Å²) in [6.45, 7) is 2.13. The molecular weight excluding hydrogens is 374 g/mol. The standard InChI is InChI=1S/C17H16BrN3OS/c18-16-7-6-15(23-16)17-20-11-13(12-21-17)10-19-8-9-22-14-4-2-1-3-5-14/h1-7,11-12,19H,8-10H2. The summed E-state index contributed by atoms with van der Waals surface area (Å²) in [6.07, 6.45) is 3.72. The van der Waals surface area contributed by atoms with E-state index in [0.29, 0.717) is 6.61 Å². The molecule has 0 aliphatic heterocycles. The van der Waals surface area contributed by atoms with Gasteiger partial charge in [-0.05, 0) is 40.2 Å². The largest absolute Gasteiger partial charge is 0.492 e. The zero-order valence-corrected chi connectivity index (χ0v) is 14.8. The van der Waals surface area contributed by atoms with Gasteiger partial charge in [0.2, 0.25) is 0 Å². The summed E-state index contributed by atoms with van der Waals surface area (Å²) in [5, 5.41) is 3.33. The van der Waals surface area contributed by atoms with E-state index in [1.54, 1.807) is 11.3 Å². The molecule has 0 aliphatic carbocycles. The number of hydrogen-bond donors (Lipinski definition) is 1. The first kappa shape index (κ1) is 16.1. The Bertz CT molecular complexity index is 731. The maximum Gasteiger partial charge on any atom is 0.169 e. The van der Waals surface area contributed by atoms with Gasteiger partial charge in [-0.25, -0.2) is 9.97 Å². The van der Waals surface area contributed by atoms with Crippen molar-refractivity contribution in [3.63, 3.8) is 0 Å². The number of nitrogens with one attached hydrogen (secondary N) is 1. The number of ether oxygens (including phenoxy) is 1. The van der Waals surface area contributed by atoms with Crippen LogP contribution in [0.15, 0.2) is 58.6 Å². The Morgan fingerprint density at radius 2 is 1.83 bits per heavy atom. The molecule has 4 nitrogen and oxygen atoms in total. The van der Waals surface area contributed by atoms with Crippen molar-refractivity contribution >= 4 is 27.3 Å². The fraction of sp³-hybridized carbons (Fsp3) is 0.176. The Labute approximate surface area is 147 Å². The number of halogens is 1. The van der Waals surface area contributed by atoms with Crippen molar-refractivity contribution in [3.05, 3.63) is 64.2 Å². The molecule has 0 radical (unpaired) electrons. The number of thiophene rings is 1. The van der Waals surface area contributed by atoms with Crippen molar-refractivity contribution < 1.29 is 4.74 Å². The van der Waals surface area contributed by atoms with Crippen molar-refractivity contribution in [3.8, 4) is 16.5 Å². The van der Waals surface area contributed by atoms with Gasteiger partial charge in [0, 0.05) is 31.0 Å². The van der Waals surface area contributed by atoms with E-state index in [1.807, 2.05) is 54.9 Å². The molecule has 0 bridgehead atoms. The molecule has 0 spiro atoms. The lowest BCUT2D eigenvalue weighted by atomic mass is 10.3. The summed E-state index contributed by atoms with van der Waals surface area (Å²) in [6, 6.07) is 13.8. The second kappa shape index (κ2) is 8.19. The van der Waals surface area contributed by atoms with E-state index in [0.717, 1.165) is 38.9 Å². The second-order valence-electron chi connectivity index (χ2n) is 4.86. The highest BCUT2D eigenvalue weighted by molar-refractivity contribution is 9.11. The number of para-hydroxylation sites is 1. The van der Waals surface area contributed by atoms with Crippen molar-refractivity contribution in [2.45, 2.75) is 6.54 Å². The van der Waals surface area contributed by atoms with Gasteiger partial charge in [0.25, 0.3) is 0 Å². The van der Waals surface area contributed by atoms with Crippen LogP contribution >= 0.6 is 27.3 Å². The minimum atomic E-state index is 0.631. The fourth-order valence-electron chi connectivity index (χ4n) is 2.00. The summed E-state index contributed by atoms with van der Waals surface area (Å²) < 4.78 is 6.71. The van der Waals surface area contributed by atoms with E-state index in [9.17, 15) is 0 Å². The van der Waals surface area contributed by atoms with Crippen molar-refractivity contribution in [1.29, 1.82) is 0 Å². The molecule has 0 unspecified atom stereocenters. The molecule has 1 N–H and O–H groups in total. The Morgan fingerprint density at radius 1 is 1.04 bits per heavy atom. The van der Waals surface area contributed by atoms with E-state index >= 15 is 0 Å². The van der Waals surface area contributed by atoms with Gasteiger partial charge in [0.05, 0.1) is 8.66 Å². The number of benzene rings is 1. The number of aromatic nitrogens is 2. The summed E-state index contributed by atoms with van der Waals surface area (Å²) in [5.74, 6) is 1.65. The highest BCUT2D eigenvalue weighted by atomic mass is 79.9. The lowest BCUT2D eigenvalue weighted by Crippen LogP contribution is -2.20. The second-order valence-corrected chi connectivity index (χ2v) is 7.32. The van der Waals surface area contributed by atoms with Crippen LogP contribution in [0.5, 0.6) is 5.75 Å². The van der Waals surface area contributed by atoms with Crippen molar-refractivity contribution in [1.82, 2.24) is 15.3 Å². The molecule has 1 aromatic carbocycles. The topological polar surface area (TPSA) is 47.0 Å². The minimum Gasteiger partial charge on any atom is -0.492 e. The summed E-state index contributed by atoms with van der Waals surface area (Å²) in [4.78, 5) is 9.89.